The molecule has 1 fully saturated rings. The van der Waals surface area contributed by atoms with Crippen molar-refractivity contribution < 1.29 is 4.79 Å². The van der Waals surface area contributed by atoms with Gasteiger partial charge in [-0.2, -0.15) is 0 Å². The maximum atomic E-state index is 12.5. The second-order valence-corrected chi connectivity index (χ2v) is 6.46. The van der Waals surface area contributed by atoms with Crippen LogP contribution in [0, 0.1) is 0 Å². The predicted octanol–water partition coefficient (Wildman–Crippen LogP) is 3.65. The van der Waals surface area contributed by atoms with Crippen LogP contribution in [0.2, 0.25) is 0 Å². The summed E-state index contributed by atoms with van der Waals surface area (Å²) in [5.41, 5.74) is 7.35. The van der Waals surface area contributed by atoms with Gasteiger partial charge in [0.1, 0.15) is 5.69 Å². The molecule has 0 aliphatic heterocycles. The van der Waals surface area contributed by atoms with Crippen LogP contribution in [0.4, 0.5) is 5.13 Å². The molecule has 2 aromatic rings. The Hall–Kier alpha value is -2.79. The number of nitrogens with zero attached hydrogens (tertiary/aromatic N) is 2. The Labute approximate surface area is 136 Å². The van der Waals surface area contributed by atoms with Crippen molar-refractivity contribution in [2.75, 3.05) is 5.32 Å². The molecule has 3 aliphatic rings. The van der Waals surface area contributed by atoms with Crippen molar-refractivity contribution in [2.45, 2.75) is 6.42 Å². The van der Waals surface area contributed by atoms with Crippen LogP contribution in [0.1, 0.15) is 6.42 Å². The molecule has 0 aromatic carbocycles. The summed E-state index contributed by atoms with van der Waals surface area (Å²) in [5, 5.41) is 5.39. The number of aromatic nitrogens is 2. The molecule has 1 N–H and O–H groups in total. The highest BCUT2D eigenvalue weighted by molar-refractivity contribution is 7.14. The third kappa shape index (κ3) is 2.01. The van der Waals surface area contributed by atoms with Gasteiger partial charge in [0.2, 0.25) is 0 Å². The summed E-state index contributed by atoms with van der Waals surface area (Å²) in [6.07, 6.45) is 8.87. The fourth-order valence-corrected chi connectivity index (χ4v) is 3.66. The molecule has 2 aromatic heterocycles. The van der Waals surface area contributed by atoms with Gasteiger partial charge in [-0.1, -0.05) is 12.1 Å². The predicted molar refractivity (Wildman–Crippen MR) is 89.9 cm³/mol. The van der Waals surface area contributed by atoms with Gasteiger partial charge in [0.25, 0.3) is 5.91 Å². The zero-order chi connectivity index (χ0) is 15.4. The Kier molecular flexibility index (Phi) is 2.55. The highest BCUT2D eigenvalue weighted by Crippen LogP contribution is 2.51. The minimum atomic E-state index is -0.105. The minimum absolute atomic E-state index is 0.105. The molecule has 0 radical (unpaired) electrons. The second-order valence-electron chi connectivity index (χ2n) is 5.61. The molecule has 23 heavy (non-hydrogen) atoms. The number of pyridine rings is 1. The van der Waals surface area contributed by atoms with E-state index in [1.54, 1.807) is 6.20 Å². The maximum absolute atomic E-state index is 12.5. The molecule has 0 atom stereocenters. The highest BCUT2D eigenvalue weighted by atomic mass is 32.1. The lowest BCUT2D eigenvalue weighted by Crippen LogP contribution is -2.13. The fourth-order valence-electron chi connectivity index (χ4n) is 2.96. The van der Waals surface area contributed by atoms with Gasteiger partial charge >= 0.3 is 0 Å². The Morgan fingerprint density at radius 3 is 3.00 bits per heavy atom. The lowest BCUT2D eigenvalue weighted by Gasteiger charge is -2.03. The van der Waals surface area contributed by atoms with Gasteiger partial charge in [-0.15, -0.1) is 11.3 Å². The summed E-state index contributed by atoms with van der Waals surface area (Å²) < 4.78 is 0. The van der Waals surface area contributed by atoms with Crippen LogP contribution in [-0.2, 0) is 4.79 Å². The Bertz CT molecular complexity index is 977. The number of anilines is 1. The quantitative estimate of drug-likeness (QED) is 0.940. The number of carbonyl (C=O) groups is 1. The molecule has 1 amide bonds. The van der Waals surface area contributed by atoms with Crippen molar-refractivity contribution in [3.8, 4) is 11.4 Å². The van der Waals surface area contributed by atoms with E-state index in [0.717, 1.165) is 29.0 Å². The van der Waals surface area contributed by atoms with Crippen molar-refractivity contribution in [3.63, 3.8) is 0 Å². The molecule has 3 aliphatic carbocycles. The summed E-state index contributed by atoms with van der Waals surface area (Å²) in [5.74, 6) is -0.105. The molecule has 1 saturated carbocycles. The molecule has 0 bridgehead atoms. The molecular weight excluding hydrogens is 306 g/mol. The van der Waals surface area contributed by atoms with E-state index in [1.807, 2.05) is 35.7 Å². The smallest absolute Gasteiger partial charge is 0.258 e. The van der Waals surface area contributed by atoms with E-state index in [0.29, 0.717) is 5.13 Å². The lowest BCUT2D eigenvalue weighted by atomic mass is 10.1. The largest absolute Gasteiger partial charge is 0.298 e. The van der Waals surface area contributed by atoms with Gasteiger partial charge in [-0.05, 0) is 53.0 Å². The van der Waals surface area contributed by atoms with Gasteiger partial charge in [-0.3, -0.25) is 15.1 Å². The number of hydrogen-bond donors (Lipinski definition) is 1. The first kappa shape index (κ1) is 12.7. The first-order chi connectivity index (χ1) is 11.3. The van der Waals surface area contributed by atoms with Gasteiger partial charge < -0.3 is 0 Å². The van der Waals surface area contributed by atoms with Crippen LogP contribution in [0.25, 0.3) is 11.4 Å². The van der Waals surface area contributed by atoms with Crippen LogP contribution in [0.3, 0.4) is 0 Å². The number of thiazole rings is 1. The minimum Gasteiger partial charge on any atom is -0.298 e. The van der Waals surface area contributed by atoms with Crippen LogP contribution in [0.15, 0.2) is 75.9 Å². The van der Waals surface area contributed by atoms with Gasteiger partial charge in [0.05, 0.1) is 5.69 Å². The summed E-state index contributed by atoms with van der Waals surface area (Å²) in [7, 11) is 0. The van der Waals surface area contributed by atoms with Gasteiger partial charge in [-0.25, -0.2) is 4.98 Å². The monoisotopic (exact) mass is 317 g/mol. The van der Waals surface area contributed by atoms with Crippen molar-refractivity contribution in [3.05, 3.63) is 75.9 Å². The van der Waals surface area contributed by atoms with Gasteiger partial charge in [0.15, 0.2) is 5.13 Å². The van der Waals surface area contributed by atoms with Gasteiger partial charge in [0, 0.05) is 17.2 Å². The zero-order valence-electron chi connectivity index (χ0n) is 12.0. The summed E-state index contributed by atoms with van der Waals surface area (Å²) in [6.45, 7) is 0. The van der Waals surface area contributed by atoms with Crippen molar-refractivity contribution in [2.24, 2.45) is 0 Å². The zero-order valence-corrected chi connectivity index (χ0v) is 12.9. The SMILES string of the molecule is O=C(Nc1nc(-c2ccccn2)cs1)C1=C2C=C3CC3=C2C=C1. The van der Waals surface area contributed by atoms with Crippen LogP contribution >= 0.6 is 11.3 Å². The summed E-state index contributed by atoms with van der Waals surface area (Å²) >= 11 is 1.41. The van der Waals surface area contributed by atoms with Crippen molar-refractivity contribution in [1.82, 2.24) is 9.97 Å². The molecule has 0 unspecified atom stereocenters. The number of fused-ring (bicyclic) bond motifs is 2. The number of rotatable bonds is 3. The van der Waals surface area contributed by atoms with E-state index >= 15 is 0 Å². The average molecular weight is 317 g/mol. The molecule has 2 heterocycles. The van der Waals surface area contributed by atoms with E-state index in [1.165, 1.54) is 28.1 Å². The standard InChI is InChI=1S/C18H11N3OS/c22-17(12-5-4-11-13-7-10(13)8-14(11)12)21-18-20-16(9-23-18)15-3-1-2-6-19-15/h1-6,8-9H,7H2,(H,20,21,22). The number of nitrogens with one attached hydrogen (secondary N) is 1. The Balaban J connectivity index is 1.39. The Morgan fingerprint density at radius 1 is 1.17 bits per heavy atom. The van der Waals surface area contributed by atoms with E-state index in [-0.39, 0.29) is 5.91 Å². The molecular formula is C18H11N3OS. The highest BCUT2D eigenvalue weighted by Gasteiger charge is 2.35. The molecule has 5 heteroatoms. The van der Waals surface area contributed by atoms with Crippen molar-refractivity contribution >= 4 is 22.4 Å². The fraction of sp³-hybridized carbons (Fsp3) is 0.0556. The van der Waals surface area contributed by atoms with E-state index in [4.69, 9.17) is 0 Å². The topological polar surface area (TPSA) is 54.9 Å². The first-order valence-corrected chi connectivity index (χ1v) is 8.23. The van der Waals surface area contributed by atoms with E-state index in [2.05, 4.69) is 21.4 Å². The third-order valence-corrected chi connectivity index (χ3v) is 4.92. The van der Waals surface area contributed by atoms with E-state index in [9.17, 15) is 4.79 Å². The molecule has 4 nitrogen and oxygen atoms in total. The first-order valence-electron chi connectivity index (χ1n) is 7.35. The maximum Gasteiger partial charge on any atom is 0.258 e. The van der Waals surface area contributed by atoms with Crippen molar-refractivity contribution in [1.29, 1.82) is 0 Å². The number of hydrogen-bond acceptors (Lipinski definition) is 4. The summed E-state index contributed by atoms with van der Waals surface area (Å²) in [6, 6.07) is 5.69. The average Bonchev–Trinajstić information content (AvgIpc) is 2.94. The van der Waals surface area contributed by atoms with Crippen LogP contribution in [0.5, 0.6) is 0 Å². The molecule has 5 rings (SSSR count). The molecule has 110 valence electrons. The Morgan fingerprint density at radius 2 is 2.13 bits per heavy atom. The van der Waals surface area contributed by atoms with Crippen LogP contribution in [-0.4, -0.2) is 15.9 Å². The third-order valence-electron chi connectivity index (χ3n) is 4.17. The lowest BCUT2D eigenvalue weighted by molar-refractivity contribution is -0.112. The number of allylic oxidation sites excluding steroid dienone is 6. The normalized spacial score (nSPS) is 17.3. The second kappa shape index (κ2) is 4.60. The summed E-state index contributed by atoms with van der Waals surface area (Å²) in [4.78, 5) is 21.2. The van der Waals surface area contributed by atoms with E-state index < -0.39 is 0 Å². The van der Waals surface area contributed by atoms with Crippen LogP contribution < -0.4 is 5.32 Å². The molecule has 0 spiro atoms. The number of amides is 1. The molecule has 0 saturated heterocycles. The number of carbonyl (C=O) groups excluding carboxylic acids is 1.